The lowest BCUT2D eigenvalue weighted by Crippen LogP contribution is -2.52. The molecule has 65 heavy (non-hydrogen) atoms. The van der Waals surface area contributed by atoms with Gasteiger partial charge in [-0.25, -0.2) is 0 Å². The Bertz CT molecular complexity index is 3830. The van der Waals surface area contributed by atoms with Crippen molar-refractivity contribution in [1.29, 1.82) is 0 Å². The van der Waals surface area contributed by atoms with Crippen LogP contribution in [0.1, 0.15) is 0 Å². The van der Waals surface area contributed by atoms with Crippen LogP contribution >= 0.6 is 0 Å². The first-order valence-electron chi connectivity index (χ1n) is 22.5. The Morgan fingerprint density at radius 1 is 0.308 bits per heavy atom. The standard InChI is InChI=1S/C62H40BNO/c1-6-20-41(21-7-1)53-40-56(64(45-28-14-5-15-29-45)46-34-35-48-47-30-18-19-33-57(47)65-58(48)38-46)60-50-32-17-16-31-49(50)59-54(42-22-8-2-9-23-42)39-55(52-37-36-51(53)61(60)62(52)59)63(43-24-10-3-11-25-43)44-26-12-4-13-27-44/h1-40H. The van der Waals surface area contributed by atoms with E-state index in [4.69, 9.17) is 4.42 Å². The summed E-state index contributed by atoms with van der Waals surface area (Å²) < 4.78 is 6.60. The minimum absolute atomic E-state index is 0.0138. The number of para-hydroxylation sites is 2. The summed E-state index contributed by atoms with van der Waals surface area (Å²) in [7, 11) is 0. The van der Waals surface area contributed by atoms with Crippen LogP contribution in [0.4, 0.5) is 17.1 Å². The molecule has 3 heteroatoms. The van der Waals surface area contributed by atoms with Crippen molar-refractivity contribution in [3.63, 3.8) is 0 Å². The molecule has 13 aromatic rings. The molecule has 0 N–H and O–H groups in total. The topological polar surface area (TPSA) is 16.4 Å². The molecule has 1 aromatic heterocycles. The molecule has 0 atom stereocenters. The number of benzene rings is 12. The highest BCUT2D eigenvalue weighted by Gasteiger charge is 2.30. The second-order valence-electron chi connectivity index (χ2n) is 17.1. The Hall–Kier alpha value is -8.40. The van der Waals surface area contributed by atoms with Crippen molar-refractivity contribution in [2.24, 2.45) is 0 Å². The van der Waals surface area contributed by atoms with Crippen LogP contribution in [0.5, 0.6) is 0 Å². The first-order chi connectivity index (χ1) is 32.3. The molecular formula is C62H40BNO. The third-order valence-corrected chi connectivity index (χ3v) is 13.5. The van der Waals surface area contributed by atoms with Crippen molar-refractivity contribution in [3.05, 3.63) is 243 Å². The van der Waals surface area contributed by atoms with Crippen molar-refractivity contribution in [2.75, 3.05) is 4.90 Å². The molecule has 302 valence electrons. The SMILES string of the molecule is c1ccc(B(c2ccccc2)c2cc(-c3ccccc3)c3c4ccccc4c4c(N(c5ccccc5)c5ccc6c(c5)oc5ccccc56)cc(-c5ccccc5)c5ccc2c3c54)cc1. The van der Waals surface area contributed by atoms with E-state index in [0.29, 0.717) is 0 Å². The van der Waals surface area contributed by atoms with Crippen molar-refractivity contribution in [3.8, 4) is 22.3 Å². The second-order valence-corrected chi connectivity index (χ2v) is 17.1. The lowest BCUT2D eigenvalue weighted by Gasteiger charge is -2.30. The number of rotatable bonds is 8. The molecule has 0 spiro atoms. The van der Waals surface area contributed by atoms with Crippen molar-refractivity contribution in [2.45, 2.75) is 0 Å². The molecule has 0 aliphatic carbocycles. The number of fused-ring (bicyclic) bond motifs is 6. The van der Waals surface area contributed by atoms with Crippen LogP contribution in [0.2, 0.25) is 0 Å². The predicted molar refractivity (Wildman–Crippen MR) is 278 cm³/mol. The van der Waals surface area contributed by atoms with E-state index in [1.165, 1.54) is 81.7 Å². The highest BCUT2D eigenvalue weighted by molar-refractivity contribution is 6.97. The Balaban J connectivity index is 1.24. The molecule has 0 amide bonds. The molecule has 0 unspecified atom stereocenters. The molecule has 2 nitrogen and oxygen atoms in total. The molecule has 12 aromatic carbocycles. The summed E-state index contributed by atoms with van der Waals surface area (Å²) in [6.45, 7) is -0.0138. The van der Waals surface area contributed by atoms with E-state index in [-0.39, 0.29) is 6.71 Å². The van der Waals surface area contributed by atoms with Crippen molar-refractivity contribution < 1.29 is 4.42 Å². The van der Waals surface area contributed by atoms with Crippen LogP contribution < -0.4 is 21.3 Å². The molecule has 0 radical (unpaired) electrons. The summed E-state index contributed by atoms with van der Waals surface area (Å²) in [6.07, 6.45) is 0. The molecule has 0 saturated heterocycles. The number of nitrogens with zero attached hydrogens (tertiary/aromatic N) is 1. The average molecular weight is 826 g/mol. The van der Waals surface area contributed by atoms with Crippen LogP contribution in [0.25, 0.3) is 87.3 Å². The van der Waals surface area contributed by atoms with Crippen LogP contribution in [0.15, 0.2) is 247 Å². The molecule has 0 aliphatic heterocycles. The van der Waals surface area contributed by atoms with Gasteiger partial charge in [0.2, 0.25) is 6.71 Å². The fourth-order valence-corrected chi connectivity index (χ4v) is 10.7. The lowest BCUT2D eigenvalue weighted by atomic mass is 9.36. The summed E-state index contributed by atoms with van der Waals surface area (Å²) >= 11 is 0. The summed E-state index contributed by atoms with van der Waals surface area (Å²) in [5.41, 5.74) is 13.6. The fourth-order valence-electron chi connectivity index (χ4n) is 10.7. The molecule has 0 aliphatic rings. The minimum Gasteiger partial charge on any atom is -0.456 e. The third kappa shape index (κ3) is 5.97. The largest absolute Gasteiger partial charge is 0.456 e. The molecule has 1 heterocycles. The summed E-state index contributed by atoms with van der Waals surface area (Å²) in [6, 6.07) is 88.7. The Kier molecular flexibility index (Phi) is 8.67. The van der Waals surface area contributed by atoms with Crippen LogP contribution in [-0.2, 0) is 0 Å². The van der Waals surface area contributed by atoms with Gasteiger partial charge in [0.05, 0.1) is 5.69 Å². The van der Waals surface area contributed by atoms with E-state index in [9.17, 15) is 0 Å². The van der Waals surface area contributed by atoms with Gasteiger partial charge in [0.1, 0.15) is 11.2 Å². The monoisotopic (exact) mass is 825 g/mol. The number of furan rings is 1. The predicted octanol–water partition coefficient (Wildman–Crippen LogP) is 15.0. The fraction of sp³-hybridized carbons (Fsp3) is 0. The molecule has 13 rings (SSSR count). The van der Waals surface area contributed by atoms with Gasteiger partial charge in [-0.3, -0.25) is 0 Å². The van der Waals surface area contributed by atoms with Crippen LogP contribution in [0, 0.1) is 0 Å². The Morgan fingerprint density at radius 2 is 0.800 bits per heavy atom. The van der Waals surface area contributed by atoms with E-state index < -0.39 is 0 Å². The number of anilines is 3. The van der Waals surface area contributed by atoms with Crippen LogP contribution in [-0.4, -0.2) is 6.71 Å². The second kappa shape index (κ2) is 15.2. The zero-order valence-electron chi connectivity index (χ0n) is 35.5. The van der Waals surface area contributed by atoms with Gasteiger partial charge in [0, 0.05) is 39.0 Å². The Labute approximate surface area is 377 Å². The van der Waals surface area contributed by atoms with E-state index in [2.05, 4.69) is 241 Å². The van der Waals surface area contributed by atoms with Gasteiger partial charge in [0.25, 0.3) is 0 Å². The summed E-state index contributed by atoms with van der Waals surface area (Å²) in [5, 5.41) is 12.2. The normalized spacial score (nSPS) is 11.7. The first-order valence-corrected chi connectivity index (χ1v) is 22.5. The molecule has 0 fully saturated rings. The van der Waals surface area contributed by atoms with Crippen molar-refractivity contribution >= 4 is 105 Å². The number of hydrogen-bond acceptors (Lipinski definition) is 2. The zero-order valence-corrected chi connectivity index (χ0v) is 35.5. The zero-order chi connectivity index (χ0) is 42.8. The molecule has 0 bridgehead atoms. The van der Waals surface area contributed by atoms with Crippen LogP contribution in [0.3, 0.4) is 0 Å². The van der Waals surface area contributed by atoms with Gasteiger partial charge in [-0.05, 0) is 91.0 Å². The minimum atomic E-state index is -0.0138. The van der Waals surface area contributed by atoms with Gasteiger partial charge >= 0.3 is 0 Å². The third-order valence-electron chi connectivity index (χ3n) is 13.5. The van der Waals surface area contributed by atoms with Gasteiger partial charge < -0.3 is 9.32 Å². The Morgan fingerprint density at radius 3 is 1.46 bits per heavy atom. The smallest absolute Gasteiger partial charge is 0.242 e. The molecule has 0 saturated carbocycles. The summed E-state index contributed by atoms with van der Waals surface area (Å²) in [4.78, 5) is 2.45. The van der Waals surface area contributed by atoms with Gasteiger partial charge in [0.15, 0.2) is 0 Å². The highest BCUT2D eigenvalue weighted by atomic mass is 16.3. The maximum absolute atomic E-state index is 6.60. The van der Waals surface area contributed by atoms with E-state index >= 15 is 0 Å². The highest BCUT2D eigenvalue weighted by Crippen LogP contribution is 2.52. The van der Waals surface area contributed by atoms with Gasteiger partial charge in [-0.1, -0.05) is 217 Å². The van der Waals surface area contributed by atoms with Crippen molar-refractivity contribution in [1.82, 2.24) is 0 Å². The number of hydrogen-bond donors (Lipinski definition) is 0. The van der Waals surface area contributed by atoms with E-state index in [1.807, 2.05) is 6.07 Å². The maximum atomic E-state index is 6.60. The van der Waals surface area contributed by atoms with E-state index in [0.717, 1.165) is 39.0 Å². The van der Waals surface area contributed by atoms with Gasteiger partial charge in [-0.2, -0.15) is 0 Å². The maximum Gasteiger partial charge on any atom is 0.242 e. The summed E-state index contributed by atoms with van der Waals surface area (Å²) in [5.74, 6) is 0. The molecular weight excluding hydrogens is 785 g/mol. The van der Waals surface area contributed by atoms with E-state index in [1.54, 1.807) is 0 Å². The quantitative estimate of drug-likeness (QED) is 0.0862. The average Bonchev–Trinajstić information content (AvgIpc) is 3.76. The lowest BCUT2D eigenvalue weighted by molar-refractivity contribution is 0.669. The van der Waals surface area contributed by atoms with Gasteiger partial charge in [-0.15, -0.1) is 0 Å². The first kappa shape index (κ1) is 37.2.